The number of hydrogen-bond acceptors (Lipinski definition) is 6. The van der Waals surface area contributed by atoms with Gasteiger partial charge in [-0.05, 0) is 44.4 Å². The van der Waals surface area contributed by atoms with Crippen LogP contribution >= 0.6 is 0 Å². The van der Waals surface area contributed by atoms with E-state index in [0.29, 0.717) is 23.6 Å². The molecule has 8 heteroatoms. The smallest absolute Gasteiger partial charge is 0.256 e. The molecule has 1 fully saturated rings. The number of rotatable bonds is 5. The fourth-order valence-electron chi connectivity index (χ4n) is 3.73. The van der Waals surface area contributed by atoms with Crippen molar-refractivity contribution in [1.29, 1.82) is 0 Å². The SMILES string of the molecule is CC(C)(O)c1ccc(C(=O)Nc2cc(N3CCCC(C=O)C3)n3nccc3n2)cc1. The third kappa shape index (κ3) is 4.04. The zero-order valence-corrected chi connectivity index (χ0v) is 17.1. The first-order valence-corrected chi connectivity index (χ1v) is 10.0. The maximum absolute atomic E-state index is 12.7. The number of amides is 1. The minimum atomic E-state index is -0.966. The summed E-state index contributed by atoms with van der Waals surface area (Å²) in [6, 6.07) is 10.4. The Labute approximate surface area is 174 Å². The van der Waals surface area contributed by atoms with Gasteiger partial charge in [-0.15, -0.1) is 0 Å². The van der Waals surface area contributed by atoms with E-state index in [1.807, 2.05) is 0 Å². The highest BCUT2D eigenvalue weighted by Gasteiger charge is 2.23. The average molecular weight is 407 g/mol. The van der Waals surface area contributed by atoms with Crippen LogP contribution in [0.5, 0.6) is 0 Å². The van der Waals surface area contributed by atoms with Crippen LogP contribution in [0.15, 0.2) is 42.6 Å². The number of aldehydes is 1. The lowest BCUT2D eigenvalue weighted by atomic mass is 9.97. The number of aromatic nitrogens is 3. The molecular weight excluding hydrogens is 382 g/mol. The number of benzene rings is 1. The Kier molecular flexibility index (Phi) is 5.26. The summed E-state index contributed by atoms with van der Waals surface area (Å²) in [6.07, 6.45) is 4.48. The molecule has 0 radical (unpaired) electrons. The Morgan fingerprint density at radius 3 is 2.73 bits per heavy atom. The lowest BCUT2D eigenvalue weighted by molar-refractivity contribution is -0.111. The second kappa shape index (κ2) is 7.87. The van der Waals surface area contributed by atoms with E-state index in [-0.39, 0.29) is 11.8 Å². The van der Waals surface area contributed by atoms with Crippen molar-refractivity contribution in [2.45, 2.75) is 32.3 Å². The molecule has 30 heavy (non-hydrogen) atoms. The summed E-state index contributed by atoms with van der Waals surface area (Å²) in [6.45, 7) is 4.83. The molecule has 156 valence electrons. The molecule has 8 nitrogen and oxygen atoms in total. The van der Waals surface area contributed by atoms with Crippen molar-refractivity contribution in [3.63, 3.8) is 0 Å². The number of anilines is 2. The predicted octanol–water partition coefficient (Wildman–Crippen LogP) is 2.62. The topological polar surface area (TPSA) is 99.8 Å². The van der Waals surface area contributed by atoms with E-state index in [2.05, 4.69) is 20.3 Å². The van der Waals surface area contributed by atoms with E-state index in [4.69, 9.17) is 0 Å². The van der Waals surface area contributed by atoms with E-state index < -0.39 is 5.60 Å². The number of piperidine rings is 1. The van der Waals surface area contributed by atoms with Gasteiger partial charge in [0.25, 0.3) is 5.91 Å². The van der Waals surface area contributed by atoms with Crippen molar-refractivity contribution in [3.8, 4) is 0 Å². The van der Waals surface area contributed by atoms with Crippen molar-refractivity contribution < 1.29 is 14.7 Å². The Hall–Kier alpha value is -3.26. The van der Waals surface area contributed by atoms with Gasteiger partial charge in [0, 0.05) is 36.7 Å². The first-order chi connectivity index (χ1) is 14.3. The highest BCUT2D eigenvalue weighted by atomic mass is 16.3. The Bertz CT molecular complexity index is 1070. The summed E-state index contributed by atoms with van der Waals surface area (Å²) in [5.74, 6) is 0.918. The summed E-state index contributed by atoms with van der Waals surface area (Å²) in [5, 5.41) is 17.3. The van der Waals surface area contributed by atoms with Crippen molar-refractivity contribution in [2.24, 2.45) is 5.92 Å². The summed E-state index contributed by atoms with van der Waals surface area (Å²) in [5.41, 5.74) is 0.855. The molecule has 0 aliphatic carbocycles. The number of nitrogens with zero attached hydrogens (tertiary/aromatic N) is 4. The first-order valence-electron chi connectivity index (χ1n) is 10.0. The minimum Gasteiger partial charge on any atom is -0.386 e. The van der Waals surface area contributed by atoms with Crippen LogP contribution in [0.25, 0.3) is 5.65 Å². The summed E-state index contributed by atoms with van der Waals surface area (Å²) in [7, 11) is 0. The molecule has 0 spiro atoms. The standard InChI is InChI=1S/C22H25N5O3/c1-22(2,30)17-7-5-16(6-8-17)21(29)25-18-12-20(27-19(24-18)9-10-23-27)26-11-3-4-15(13-26)14-28/h5-10,12,14-15,30H,3-4,11,13H2,1-2H3,(H,24,25,29). The Balaban J connectivity index is 1.60. The average Bonchev–Trinajstić information content (AvgIpc) is 3.21. The third-order valence-electron chi connectivity index (χ3n) is 5.41. The van der Waals surface area contributed by atoms with Crippen LogP contribution < -0.4 is 10.2 Å². The molecule has 0 bridgehead atoms. The zero-order chi connectivity index (χ0) is 21.3. The number of fused-ring (bicyclic) bond motifs is 1. The maximum atomic E-state index is 12.7. The van der Waals surface area contributed by atoms with Gasteiger partial charge in [-0.3, -0.25) is 4.79 Å². The van der Waals surface area contributed by atoms with E-state index in [1.54, 1.807) is 61.0 Å². The van der Waals surface area contributed by atoms with Crippen LogP contribution in [-0.2, 0) is 10.4 Å². The first kappa shape index (κ1) is 20.0. The van der Waals surface area contributed by atoms with Gasteiger partial charge >= 0.3 is 0 Å². The normalized spacial score (nSPS) is 17.2. The molecule has 1 aliphatic heterocycles. The van der Waals surface area contributed by atoms with E-state index in [1.165, 1.54) is 0 Å². The van der Waals surface area contributed by atoms with Gasteiger partial charge in [0.15, 0.2) is 5.65 Å². The Morgan fingerprint density at radius 1 is 1.27 bits per heavy atom. The molecule has 1 amide bonds. The molecule has 1 aliphatic rings. The molecule has 1 saturated heterocycles. The van der Waals surface area contributed by atoms with Crippen LogP contribution in [0.1, 0.15) is 42.6 Å². The summed E-state index contributed by atoms with van der Waals surface area (Å²) < 4.78 is 1.72. The summed E-state index contributed by atoms with van der Waals surface area (Å²) in [4.78, 5) is 30.6. The van der Waals surface area contributed by atoms with Crippen molar-refractivity contribution in [3.05, 3.63) is 53.7 Å². The highest BCUT2D eigenvalue weighted by molar-refractivity contribution is 6.04. The molecule has 2 N–H and O–H groups in total. The van der Waals surface area contributed by atoms with Gasteiger partial charge in [-0.2, -0.15) is 9.61 Å². The van der Waals surface area contributed by atoms with Gasteiger partial charge in [-0.1, -0.05) is 12.1 Å². The van der Waals surface area contributed by atoms with E-state index in [9.17, 15) is 14.7 Å². The lowest BCUT2D eigenvalue weighted by Crippen LogP contribution is -2.37. The third-order valence-corrected chi connectivity index (χ3v) is 5.41. The molecule has 0 saturated carbocycles. The second-order valence-corrected chi connectivity index (χ2v) is 8.18. The highest BCUT2D eigenvalue weighted by Crippen LogP contribution is 2.25. The van der Waals surface area contributed by atoms with Gasteiger partial charge in [0.2, 0.25) is 0 Å². The summed E-state index contributed by atoms with van der Waals surface area (Å²) >= 11 is 0. The van der Waals surface area contributed by atoms with Gasteiger partial charge in [-0.25, -0.2) is 4.98 Å². The van der Waals surface area contributed by atoms with Gasteiger partial charge < -0.3 is 20.1 Å². The van der Waals surface area contributed by atoms with Crippen molar-refractivity contribution >= 4 is 29.5 Å². The molecule has 3 heterocycles. The molecule has 1 unspecified atom stereocenters. The zero-order valence-electron chi connectivity index (χ0n) is 17.1. The molecule has 3 aromatic rings. The largest absolute Gasteiger partial charge is 0.386 e. The van der Waals surface area contributed by atoms with Gasteiger partial charge in [0.05, 0.1) is 11.8 Å². The van der Waals surface area contributed by atoms with Crippen molar-refractivity contribution in [2.75, 3.05) is 23.3 Å². The molecule has 4 rings (SSSR count). The lowest BCUT2D eigenvalue weighted by Gasteiger charge is -2.32. The molecular formula is C22H25N5O3. The van der Waals surface area contributed by atoms with Crippen LogP contribution in [0.3, 0.4) is 0 Å². The van der Waals surface area contributed by atoms with Crippen LogP contribution in [0.4, 0.5) is 11.6 Å². The number of nitrogens with one attached hydrogen (secondary N) is 1. The molecule has 1 aromatic carbocycles. The van der Waals surface area contributed by atoms with E-state index in [0.717, 1.165) is 37.1 Å². The molecule has 1 atom stereocenters. The quantitative estimate of drug-likeness (QED) is 0.631. The fraction of sp³-hybridized carbons (Fsp3) is 0.364. The van der Waals surface area contributed by atoms with E-state index >= 15 is 0 Å². The predicted molar refractivity (Wildman–Crippen MR) is 114 cm³/mol. The van der Waals surface area contributed by atoms with Crippen LogP contribution in [0, 0.1) is 5.92 Å². The number of carbonyl (C=O) groups excluding carboxylic acids is 2. The Morgan fingerprint density at radius 2 is 2.03 bits per heavy atom. The minimum absolute atomic E-state index is 0.00939. The number of carbonyl (C=O) groups is 2. The van der Waals surface area contributed by atoms with Crippen LogP contribution in [-0.4, -0.2) is 45.0 Å². The van der Waals surface area contributed by atoms with Crippen LogP contribution in [0.2, 0.25) is 0 Å². The second-order valence-electron chi connectivity index (χ2n) is 8.18. The molecule has 2 aromatic heterocycles. The van der Waals surface area contributed by atoms with Crippen molar-refractivity contribution in [1.82, 2.24) is 14.6 Å². The van der Waals surface area contributed by atoms with Gasteiger partial charge in [0.1, 0.15) is 17.9 Å². The number of hydrogen-bond donors (Lipinski definition) is 2. The fourth-order valence-corrected chi connectivity index (χ4v) is 3.73. The monoisotopic (exact) mass is 407 g/mol. The number of aliphatic hydroxyl groups is 1. The maximum Gasteiger partial charge on any atom is 0.256 e.